The number of carbonyl (C=O) groups is 3. The number of nitrogens with zero attached hydrogens (tertiary/aromatic N) is 1. The first-order valence-electron chi connectivity index (χ1n) is 7.38. The maximum Gasteiger partial charge on any atom is 0.266 e. The molecule has 138 valence electrons. The number of aromatic hydroxyl groups is 1. The highest BCUT2D eigenvalue weighted by molar-refractivity contribution is 8.26. The van der Waals surface area contributed by atoms with Crippen LogP contribution in [0.25, 0.3) is 6.08 Å². The molecule has 0 spiro atoms. The summed E-state index contributed by atoms with van der Waals surface area (Å²) in [6.07, 6.45) is 0.502. The Morgan fingerprint density at radius 1 is 1.42 bits per heavy atom. The van der Waals surface area contributed by atoms with Gasteiger partial charge in [0.2, 0.25) is 0 Å². The molecule has 1 aliphatic rings. The number of rotatable bonds is 7. The number of hydrogen-bond donors (Lipinski definition) is 1. The largest absolute Gasteiger partial charge is 0.550 e. The SMILES string of the molecule is CCOc1cc(/C=C2/SC(=S)N([C@H](CC(=O)[O-])C(=O)[O-])C2=O)ccc1O. The van der Waals surface area contributed by atoms with E-state index >= 15 is 0 Å². The summed E-state index contributed by atoms with van der Waals surface area (Å²) in [4.78, 5) is 35.2. The van der Waals surface area contributed by atoms with E-state index in [1.54, 1.807) is 6.92 Å². The summed E-state index contributed by atoms with van der Waals surface area (Å²) in [7, 11) is 0. The molecule has 10 heteroatoms. The molecule has 1 aromatic carbocycles. The maximum absolute atomic E-state index is 12.5. The Labute approximate surface area is 158 Å². The lowest BCUT2D eigenvalue weighted by molar-refractivity contribution is -0.319. The highest BCUT2D eigenvalue weighted by Gasteiger charge is 2.37. The maximum atomic E-state index is 12.5. The summed E-state index contributed by atoms with van der Waals surface area (Å²) in [6.45, 7) is 2.07. The van der Waals surface area contributed by atoms with Gasteiger partial charge in [-0.05, 0) is 30.7 Å². The summed E-state index contributed by atoms with van der Waals surface area (Å²) in [5.74, 6) is -3.97. The molecule has 1 aromatic rings. The molecule has 26 heavy (non-hydrogen) atoms. The Morgan fingerprint density at radius 2 is 2.12 bits per heavy atom. The van der Waals surface area contributed by atoms with E-state index < -0.39 is 30.3 Å². The van der Waals surface area contributed by atoms with E-state index in [-0.39, 0.29) is 20.7 Å². The minimum atomic E-state index is -1.75. The van der Waals surface area contributed by atoms with Gasteiger partial charge in [-0.15, -0.1) is 0 Å². The van der Waals surface area contributed by atoms with Gasteiger partial charge in [-0.25, -0.2) is 0 Å². The molecule has 1 saturated heterocycles. The number of benzene rings is 1. The van der Waals surface area contributed by atoms with Crippen molar-refractivity contribution in [3.63, 3.8) is 0 Å². The topological polar surface area (TPSA) is 130 Å². The van der Waals surface area contributed by atoms with Crippen molar-refractivity contribution in [2.24, 2.45) is 0 Å². The fourth-order valence-corrected chi connectivity index (χ4v) is 3.59. The number of aliphatic carboxylic acids is 2. The zero-order valence-electron chi connectivity index (χ0n) is 13.5. The van der Waals surface area contributed by atoms with E-state index in [0.717, 1.165) is 11.8 Å². The van der Waals surface area contributed by atoms with Crippen molar-refractivity contribution in [3.8, 4) is 11.5 Å². The summed E-state index contributed by atoms with van der Waals surface area (Å²) in [5, 5.41) is 31.6. The third-order valence-electron chi connectivity index (χ3n) is 3.35. The van der Waals surface area contributed by atoms with Crippen molar-refractivity contribution in [2.45, 2.75) is 19.4 Å². The van der Waals surface area contributed by atoms with Gasteiger partial charge in [0.25, 0.3) is 5.91 Å². The lowest BCUT2D eigenvalue weighted by atomic mass is 10.1. The van der Waals surface area contributed by atoms with Crippen LogP contribution in [-0.2, 0) is 14.4 Å². The van der Waals surface area contributed by atoms with Crippen molar-refractivity contribution >= 4 is 52.2 Å². The van der Waals surface area contributed by atoms with Gasteiger partial charge in [-0.1, -0.05) is 30.0 Å². The fourth-order valence-electron chi connectivity index (χ4n) is 2.23. The molecule has 1 aliphatic heterocycles. The highest BCUT2D eigenvalue weighted by atomic mass is 32.2. The van der Waals surface area contributed by atoms with Gasteiger partial charge in [-0.3, -0.25) is 9.69 Å². The molecule has 0 aromatic heterocycles. The monoisotopic (exact) mass is 395 g/mol. The molecule has 0 bridgehead atoms. The Bertz CT molecular complexity index is 806. The first kappa shape index (κ1) is 19.7. The van der Waals surface area contributed by atoms with Crippen LogP contribution >= 0.6 is 24.0 Å². The van der Waals surface area contributed by atoms with Gasteiger partial charge in [0.05, 0.1) is 23.5 Å². The zero-order chi connectivity index (χ0) is 19.4. The van der Waals surface area contributed by atoms with E-state index in [1.165, 1.54) is 24.3 Å². The standard InChI is InChI=1S/C16H15NO7S2/c1-2-24-11-5-8(3-4-10(11)18)6-12-14(21)17(16(25)26-12)9(15(22)23)7-13(19)20/h3-6,9,18H,2,7H2,1H3,(H,19,20)(H,22,23)/p-2/b12-6+/t9-/m1/s1. The van der Waals surface area contributed by atoms with Crippen molar-refractivity contribution in [2.75, 3.05) is 6.61 Å². The Balaban J connectivity index is 2.33. The molecule has 0 saturated carbocycles. The normalized spacial score (nSPS) is 16.8. The van der Waals surface area contributed by atoms with Crippen molar-refractivity contribution in [3.05, 3.63) is 28.7 Å². The van der Waals surface area contributed by atoms with Gasteiger partial charge >= 0.3 is 0 Å². The molecule has 1 atom stereocenters. The molecule has 1 fully saturated rings. The third kappa shape index (κ3) is 4.33. The van der Waals surface area contributed by atoms with Crippen LogP contribution in [0.15, 0.2) is 23.1 Å². The molecule has 0 unspecified atom stereocenters. The summed E-state index contributed by atoms with van der Waals surface area (Å²) < 4.78 is 5.16. The van der Waals surface area contributed by atoms with Crippen LogP contribution in [0.4, 0.5) is 0 Å². The number of ether oxygens (including phenoxy) is 1. The Morgan fingerprint density at radius 3 is 2.69 bits per heavy atom. The summed E-state index contributed by atoms with van der Waals surface area (Å²) in [6, 6.07) is 2.67. The van der Waals surface area contributed by atoms with Crippen LogP contribution in [0.3, 0.4) is 0 Å². The second kappa shape index (κ2) is 8.19. The van der Waals surface area contributed by atoms with E-state index in [4.69, 9.17) is 17.0 Å². The predicted molar refractivity (Wildman–Crippen MR) is 92.7 cm³/mol. The lowest BCUT2D eigenvalue weighted by Gasteiger charge is -2.27. The van der Waals surface area contributed by atoms with Gasteiger partial charge in [0, 0.05) is 12.4 Å². The fraction of sp³-hybridized carbons (Fsp3) is 0.250. The molecule has 0 aliphatic carbocycles. The van der Waals surface area contributed by atoms with Gasteiger partial charge < -0.3 is 29.6 Å². The summed E-state index contributed by atoms with van der Waals surface area (Å²) in [5.41, 5.74) is 0.511. The zero-order valence-corrected chi connectivity index (χ0v) is 15.1. The van der Waals surface area contributed by atoms with Crippen LogP contribution in [0.2, 0.25) is 0 Å². The number of carboxylic acids is 2. The second-order valence-electron chi connectivity index (χ2n) is 5.12. The quantitative estimate of drug-likeness (QED) is 0.468. The van der Waals surface area contributed by atoms with Crippen LogP contribution in [0.5, 0.6) is 11.5 Å². The number of carbonyl (C=O) groups excluding carboxylic acids is 3. The van der Waals surface area contributed by atoms with Gasteiger partial charge in [0.15, 0.2) is 11.5 Å². The molecule has 1 N–H and O–H groups in total. The molecule has 1 heterocycles. The average Bonchev–Trinajstić information content (AvgIpc) is 2.82. The molecule has 1 amide bonds. The van der Waals surface area contributed by atoms with E-state index in [0.29, 0.717) is 17.1 Å². The first-order chi connectivity index (χ1) is 12.2. The van der Waals surface area contributed by atoms with Crippen molar-refractivity contribution in [1.82, 2.24) is 4.90 Å². The molecular formula is C16H13NO7S2-2. The van der Waals surface area contributed by atoms with Gasteiger partial charge in [0.1, 0.15) is 4.32 Å². The van der Waals surface area contributed by atoms with Crippen molar-refractivity contribution < 1.29 is 34.4 Å². The average molecular weight is 395 g/mol. The molecule has 0 radical (unpaired) electrons. The number of phenols is 1. The third-order valence-corrected chi connectivity index (χ3v) is 4.68. The number of amides is 1. The second-order valence-corrected chi connectivity index (χ2v) is 6.80. The molecular weight excluding hydrogens is 382 g/mol. The van der Waals surface area contributed by atoms with Gasteiger partial charge in [-0.2, -0.15) is 0 Å². The Hall–Kier alpha value is -2.59. The molecule has 2 rings (SSSR count). The number of carboxylic acid groups (broad SMARTS) is 2. The van der Waals surface area contributed by atoms with Crippen LogP contribution in [-0.4, -0.2) is 44.8 Å². The Kier molecular flexibility index (Phi) is 6.22. The van der Waals surface area contributed by atoms with E-state index in [9.17, 15) is 29.7 Å². The number of thiocarbonyl (C=S) groups is 1. The predicted octanol–water partition coefficient (Wildman–Crippen LogP) is -0.749. The lowest BCUT2D eigenvalue weighted by Crippen LogP contribution is -2.52. The van der Waals surface area contributed by atoms with Crippen LogP contribution < -0.4 is 14.9 Å². The highest BCUT2D eigenvalue weighted by Crippen LogP contribution is 2.35. The smallest absolute Gasteiger partial charge is 0.266 e. The molecule has 8 nitrogen and oxygen atoms in total. The minimum absolute atomic E-state index is 0.0671. The summed E-state index contributed by atoms with van der Waals surface area (Å²) >= 11 is 5.84. The van der Waals surface area contributed by atoms with E-state index in [2.05, 4.69) is 0 Å². The van der Waals surface area contributed by atoms with Crippen molar-refractivity contribution in [1.29, 1.82) is 0 Å². The number of hydrogen-bond acceptors (Lipinski definition) is 9. The first-order valence-corrected chi connectivity index (χ1v) is 8.60. The van der Waals surface area contributed by atoms with Crippen LogP contribution in [0.1, 0.15) is 18.9 Å². The number of phenolic OH excluding ortho intramolecular Hbond substituents is 1. The van der Waals surface area contributed by atoms with Crippen LogP contribution in [0, 0.1) is 0 Å². The minimum Gasteiger partial charge on any atom is -0.550 e. The number of thioether (sulfide) groups is 1. The van der Waals surface area contributed by atoms with E-state index in [1.807, 2.05) is 0 Å².